The molecule has 2 aromatic rings. The molecule has 6 nitrogen and oxygen atoms in total. The summed E-state index contributed by atoms with van der Waals surface area (Å²) in [5.41, 5.74) is 1.38. The third-order valence-electron chi connectivity index (χ3n) is 3.41. The molecule has 0 aromatic heterocycles. The topological polar surface area (TPSA) is 84.9 Å². The molecule has 0 unspecified atom stereocenters. The molecule has 0 heterocycles. The molecular formula is C20H19NO5. The highest BCUT2D eigenvalue weighted by Crippen LogP contribution is 2.17. The zero-order valence-electron chi connectivity index (χ0n) is 14.3. The molecule has 0 aliphatic rings. The number of amides is 1. The number of hydrogen-bond acceptors (Lipinski definition) is 4. The highest BCUT2D eigenvalue weighted by Gasteiger charge is 2.09. The Kier molecular flexibility index (Phi) is 7.07. The van der Waals surface area contributed by atoms with E-state index in [1.165, 1.54) is 13.2 Å². The first-order chi connectivity index (χ1) is 12.6. The summed E-state index contributed by atoms with van der Waals surface area (Å²) < 4.78 is 10.1. The number of nitrogens with one attached hydrogen (secondary N) is 1. The van der Waals surface area contributed by atoms with Crippen LogP contribution in [0.3, 0.4) is 0 Å². The van der Waals surface area contributed by atoms with Gasteiger partial charge in [-0.1, -0.05) is 42.2 Å². The fraction of sp³-hybridized carbons (Fsp3) is 0.200. The van der Waals surface area contributed by atoms with Crippen LogP contribution in [0.25, 0.3) is 0 Å². The van der Waals surface area contributed by atoms with Crippen molar-refractivity contribution in [1.29, 1.82) is 0 Å². The number of carbonyl (C=O) groups is 2. The number of benzene rings is 2. The van der Waals surface area contributed by atoms with E-state index in [9.17, 15) is 14.7 Å². The van der Waals surface area contributed by atoms with Gasteiger partial charge in [0.2, 0.25) is 0 Å². The van der Waals surface area contributed by atoms with E-state index in [-0.39, 0.29) is 12.2 Å². The van der Waals surface area contributed by atoms with Crippen LogP contribution in [0, 0.1) is 11.8 Å². The monoisotopic (exact) mass is 353 g/mol. The van der Waals surface area contributed by atoms with Gasteiger partial charge in [-0.3, -0.25) is 0 Å². The molecule has 0 atom stereocenters. The molecule has 26 heavy (non-hydrogen) atoms. The molecule has 1 amide bonds. The minimum atomic E-state index is -1.07. The first-order valence-electron chi connectivity index (χ1n) is 7.95. The van der Waals surface area contributed by atoms with Gasteiger partial charge in [0.05, 0.1) is 12.7 Å². The average molecular weight is 353 g/mol. The van der Waals surface area contributed by atoms with Crippen LogP contribution in [0.2, 0.25) is 0 Å². The van der Waals surface area contributed by atoms with Crippen molar-refractivity contribution >= 4 is 12.1 Å². The number of methoxy groups -OCH3 is 1. The Balaban J connectivity index is 1.80. The highest BCUT2D eigenvalue weighted by molar-refractivity contribution is 5.91. The van der Waals surface area contributed by atoms with Gasteiger partial charge in [0.25, 0.3) is 0 Å². The van der Waals surface area contributed by atoms with Crippen LogP contribution in [0.5, 0.6) is 5.75 Å². The number of alkyl carbamates (subject to hydrolysis) is 1. The number of carbonyl (C=O) groups excluding carboxylic acids is 1. The Labute approximate surface area is 151 Å². The van der Waals surface area contributed by atoms with Crippen molar-refractivity contribution in [3.63, 3.8) is 0 Å². The number of carboxylic acids is 1. The van der Waals surface area contributed by atoms with Crippen molar-refractivity contribution in [3.8, 4) is 17.6 Å². The summed E-state index contributed by atoms with van der Waals surface area (Å²) in [5.74, 6) is 5.02. The van der Waals surface area contributed by atoms with Crippen LogP contribution < -0.4 is 10.1 Å². The summed E-state index contributed by atoms with van der Waals surface area (Å²) in [6.07, 6.45) is -0.155. The largest absolute Gasteiger partial charge is 0.497 e. The normalized spacial score (nSPS) is 9.58. The summed E-state index contributed by atoms with van der Waals surface area (Å²) in [4.78, 5) is 22.9. The number of aromatic carboxylic acids is 1. The third-order valence-corrected chi connectivity index (χ3v) is 3.41. The molecule has 0 bridgehead atoms. The molecular weight excluding hydrogens is 334 g/mol. The number of ether oxygens (including phenoxy) is 2. The summed E-state index contributed by atoms with van der Waals surface area (Å²) >= 11 is 0. The van der Waals surface area contributed by atoms with Gasteiger partial charge in [0.1, 0.15) is 12.4 Å². The van der Waals surface area contributed by atoms with Gasteiger partial charge in [-0.15, -0.1) is 0 Å². The van der Waals surface area contributed by atoms with E-state index in [1.807, 2.05) is 30.3 Å². The van der Waals surface area contributed by atoms with Crippen molar-refractivity contribution in [2.24, 2.45) is 0 Å². The quantitative estimate of drug-likeness (QED) is 0.616. The summed E-state index contributed by atoms with van der Waals surface area (Å²) in [6.45, 7) is 0.505. The third kappa shape index (κ3) is 5.87. The first-order valence-corrected chi connectivity index (χ1v) is 7.95. The second-order valence-corrected chi connectivity index (χ2v) is 5.26. The van der Waals surface area contributed by atoms with Gasteiger partial charge in [0, 0.05) is 18.5 Å². The second kappa shape index (κ2) is 9.74. The van der Waals surface area contributed by atoms with E-state index in [1.54, 1.807) is 12.1 Å². The molecule has 0 spiro atoms. The Hall–Kier alpha value is -3.46. The lowest BCUT2D eigenvalue weighted by atomic mass is 10.1. The minimum absolute atomic E-state index is 0.0760. The van der Waals surface area contributed by atoms with Gasteiger partial charge in [-0.25, -0.2) is 9.59 Å². The molecule has 6 heteroatoms. The molecule has 134 valence electrons. The second-order valence-electron chi connectivity index (χ2n) is 5.26. The van der Waals surface area contributed by atoms with Gasteiger partial charge >= 0.3 is 12.1 Å². The maximum Gasteiger partial charge on any atom is 0.407 e. The highest BCUT2D eigenvalue weighted by atomic mass is 16.5. The summed E-state index contributed by atoms with van der Waals surface area (Å²) in [7, 11) is 1.47. The van der Waals surface area contributed by atoms with Gasteiger partial charge in [-0.05, 0) is 23.8 Å². The maximum atomic E-state index is 11.6. The summed E-state index contributed by atoms with van der Waals surface area (Å²) in [5, 5.41) is 11.8. The molecule has 0 saturated carbocycles. The van der Waals surface area contributed by atoms with E-state index in [0.29, 0.717) is 24.3 Å². The van der Waals surface area contributed by atoms with Crippen LogP contribution in [0.1, 0.15) is 27.9 Å². The Bertz CT molecular complexity index is 821. The molecule has 2 aromatic carbocycles. The Morgan fingerprint density at radius 2 is 1.92 bits per heavy atom. The van der Waals surface area contributed by atoms with Crippen molar-refractivity contribution in [2.45, 2.75) is 13.0 Å². The number of carboxylic acid groups (broad SMARTS) is 1. The van der Waals surface area contributed by atoms with Crippen molar-refractivity contribution in [2.75, 3.05) is 13.7 Å². The Morgan fingerprint density at radius 1 is 1.15 bits per heavy atom. The smallest absolute Gasteiger partial charge is 0.407 e. The molecule has 0 aliphatic carbocycles. The molecule has 0 radical (unpaired) electrons. The average Bonchev–Trinajstić information content (AvgIpc) is 2.66. The maximum absolute atomic E-state index is 11.6. The molecule has 0 fully saturated rings. The standard InChI is InChI=1S/C20H19NO5/c1-25-17-11-10-16(18(13-17)19(22)23)9-5-6-12-21-20(24)26-14-15-7-3-2-4-8-15/h2-4,7-8,10-11,13H,6,12,14H2,1H3,(H,21,24)(H,22,23). The van der Waals surface area contributed by atoms with Crippen LogP contribution in [0.4, 0.5) is 4.79 Å². The zero-order chi connectivity index (χ0) is 18.8. The lowest BCUT2D eigenvalue weighted by molar-refractivity contribution is 0.0696. The van der Waals surface area contributed by atoms with E-state index in [0.717, 1.165) is 5.56 Å². The number of hydrogen-bond donors (Lipinski definition) is 2. The van der Waals surface area contributed by atoms with Gasteiger partial charge in [0.15, 0.2) is 0 Å². The van der Waals surface area contributed by atoms with E-state index in [2.05, 4.69) is 17.2 Å². The molecule has 2 N–H and O–H groups in total. The number of rotatable bonds is 6. The molecule has 2 rings (SSSR count). The van der Waals surface area contributed by atoms with Crippen LogP contribution >= 0.6 is 0 Å². The fourth-order valence-corrected chi connectivity index (χ4v) is 2.10. The van der Waals surface area contributed by atoms with Gasteiger partial charge in [-0.2, -0.15) is 0 Å². The SMILES string of the molecule is COc1ccc(C#CCCNC(=O)OCc2ccccc2)c(C(=O)O)c1. The predicted molar refractivity (Wildman–Crippen MR) is 96.1 cm³/mol. The minimum Gasteiger partial charge on any atom is -0.497 e. The van der Waals surface area contributed by atoms with Crippen LogP contribution in [-0.2, 0) is 11.3 Å². The van der Waals surface area contributed by atoms with E-state index < -0.39 is 12.1 Å². The summed E-state index contributed by atoms with van der Waals surface area (Å²) in [6, 6.07) is 14.0. The first kappa shape index (κ1) is 18.9. The lowest BCUT2D eigenvalue weighted by Gasteiger charge is -2.05. The zero-order valence-corrected chi connectivity index (χ0v) is 14.3. The van der Waals surface area contributed by atoms with Gasteiger partial charge < -0.3 is 19.9 Å². The van der Waals surface area contributed by atoms with E-state index in [4.69, 9.17) is 9.47 Å². The molecule has 0 aliphatic heterocycles. The van der Waals surface area contributed by atoms with Crippen molar-refractivity contribution < 1.29 is 24.2 Å². The predicted octanol–water partition coefficient (Wildman–Crippen LogP) is 3.06. The van der Waals surface area contributed by atoms with Crippen molar-refractivity contribution in [3.05, 3.63) is 65.2 Å². The Morgan fingerprint density at radius 3 is 2.62 bits per heavy atom. The molecule has 0 saturated heterocycles. The van der Waals surface area contributed by atoms with Crippen LogP contribution in [-0.4, -0.2) is 30.8 Å². The van der Waals surface area contributed by atoms with Crippen LogP contribution in [0.15, 0.2) is 48.5 Å². The van der Waals surface area contributed by atoms with E-state index >= 15 is 0 Å². The van der Waals surface area contributed by atoms with Crippen molar-refractivity contribution in [1.82, 2.24) is 5.32 Å². The lowest BCUT2D eigenvalue weighted by Crippen LogP contribution is -2.24. The fourth-order valence-electron chi connectivity index (χ4n) is 2.10.